The fourth-order valence-corrected chi connectivity index (χ4v) is 4.44. The molecular weight excluding hydrogens is 414 g/mol. The number of nitrogens with one attached hydrogen (secondary N) is 1. The van der Waals surface area contributed by atoms with E-state index in [1.165, 1.54) is 0 Å². The Hall–Kier alpha value is -0.863. The van der Waals surface area contributed by atoms with E-state index in [0.29, 0.717) is 13.2 Å². The molecule has 7 heteroatoms. The van der Waals surface area contributed by atoms with Gasteiger partial charge in [0.15, 0.2) is 8.32 Å². The quantitative estimate of drug-likeness (QED) is 0.314. The molecule has 5 nitrogen and oxygen atoms in total. The number of carbonyl (C=O) groups excluding carboxylic acids is 1. The van der Waals surface area contributed by atoms with Crippen LogP contribution in [0.4, 0.5) is 0 Å². The lowest BCUT2D eigenvalue weighted by Gasteiger charge is -2.38. The fourth-order valence-electron chi connectivity index (χ4n) is 2.62. The van der Waals surface area contributed by atoms with Crippen LogP contribution in [0, 0.1) is 6.92 Å². The van der Waals surface area contributed by atoms with Crippen LogP contribution in [0.3, 0.4) is 0 Å². The molecule has 0 fully saturated rings. The van der Waals surface area contributed by atoms with Crippen molar-refractivity contribution in [3.05, 3.63) is 34.9 Å². The molecule has 0 aromatic heterocycles. The zero-order chi connectivity index (χ0) is 23.3. The van der Waals surface area contributed by atoms with Gasteiger partial charge in [-0.2, -0.15) is 0 Å². The molecule has 0 aliphatic rings. The number of ether oxygens (including phenoxy) is 1. The molecule has 0 spiro atoms. The SMILES string of the molecule is CCOC(=O)Cc1ccc(C(CO[Si](C)(C)C(C)(C)C)N[S+]([O-])C(C)(C)C)c(C)c1. The van der Waals surface area contributed by atoms with E-state index in [9.17, 15) is 9.35 Å². The second kappa shape index (κ2) is 10.6. The summed E-state index contributed by atoms with van der Waals surface area (Å²) in [5, 5.41) is 0.0965. The van der Waals surface area contributed by atoms with E-state index in [4.69, 9.17) is 9.16 Å². The van der Waals surface area contributed by atoms with Gasteiger partial charge in [-0.05, 0) is 69.4 Å². The van der Waals surface area contributed by atoms with Gasteiger partial charge in [0.2, 0.25) is 0 Å². The molecule has 1 aromatic carbocycles. The van der Waals surface area contributed by atoms with Crippen LogP contribution in [-0.4, -0.2) is 36.8 Å². The van der Waals surface area contributed by atoms with Gasteiger partial charge in [0.1, 0.15) is 4.75 Å². The number of carbonyl (C=O) groups is 1. The molecular formula is C23H41NO4SSi. The van der Waals surface area contributed by atoms with Crippen molar-refractivity contribution in [2.45, 2.75) is 90.7 Å². The van der Waals surface area contributed by atoms with Gasteiger partial charge in [0, 0.05) is 11.4 Å². The standard InChI is InChI=1S/C23H41NO4SSi/c1-11-27-21(25)15-18-12-13-19(17(2)14-18)20(24-29(26)22(3,4)5)16-28-30(9,10)23(6,7)8/h12-14,20,24H,11,15-16H2,1-10H3. The molecule has 1 rings (SSSR count). The molecule has 172 valence electrons. The minimum Gasteiger partial charge on any atom is -0.598 e. The lowest BCUT2D eigenvalue weighted by molar-refractivity contribution is -0.142. The molecule has 0 amide bonds. The maximum absolute atomic E-state index is 12.9. The maximum Gasteiger partial charge on any atom is 0.310 e. The molecule has 1 aromatic rings. The summed E-state index contributed by atoms with van der Waals surface area (Å²) in [6.45, 7) is 21.6. The normalized spacial score (nSPS) is 15.0. The second-order valence-corrected chi connectivity index (χ2v) is 17.1. The smallest absolute Gasteiger partial charge is 0.310 e. The Morgan fingerprint density at radius 1 is 1.20 bits per heavy atom. The van der Waals surface area contributed by atoms with Gasteiger partial charge in [0.25, 0.3) is 0 Å². The van der Waals surface area contributed by atoms with Crippen molar-refractivity contribution in [2.24, 2.45) is 0 Å². The largest absolute Gasteiger partial charge is 0.598 e. The fraction of sp³-hybridized carbons (Fsp3) is 0.696. The van der Waals surface area contributed by atoms with Gasteiger partial charge in [-0.1, -0.05) is 39.0 Å². The van der Waals surface area contributed by atoms with E-state index in [2.05, 4.69) is 38.6 Å². The van der Waals surface area contributed by atoms with Crippen LogP contribution in [0.1, 0.15) is 71.2 Å². The molecule has 30 heavy (non-hydrogen) atoms. The number of esters is 1. The van der Waals surface area contributed by atoms with Gasteiger partial charge < -0.3 is 13.7 Å². The van der Waals surface area contributed by atoms with Crippen LogP contribution < -0.4 is 4.72 Å². The Kier molecular flexibility index (Phi) is 9.63. The van der Waals surface area contributed by atoms with Crippen molar-refractivity contribution < 1.29 is 18.5 Å². The molecule has 0 radical (unpaired) electrons. The minimum atomic E-state index is -1.96. The van der Waals surface area contributed by atoms with Crippen LogP contribution >= 0.6 is 0 Å². The third-order valence-corrected chi connectivity index (χ3v) is 11.7. The van der Waals surface area contributed by atoms with Crippen LogP contribution in [-0.2, 0) is 31.7 Å². The number of hydrogen-bond donors (Lipinski definition) is 1. The molecule has 0 saturated carbocycles. The van der Waals surface area contributed by atoms with E-state index in [0.717, 1.165) is 16.7 Å². The second-order valence-electron chi connectivity index (χ2n) is 10.3. The monoisotopic (exact) mass is 455 g/mol. The predicted octanol–water partition coefficient (Wildman–Crippen LogP) is 5.22. The van der Waals surface area contributed by atoms with E-state index >= 15 is 0 Å². The van der Waals surface area contributed by atoms with Crippen molar-refractivity contribution in [1.29, 1.82) is 0 Å². The summed E-state index contributed by atoms with van der Waals surface area (Å²) in [6.07, 6.45) is 0.251. The average Bonchev–Trinajstić information content (AvgIpc) is 2.57. The van der Waals surface area contributed by atoms with Crippen molar-refractivity contribution in [2.75, 3.05) is 13.2 Å². The molecule has 0 heterocycles. The zero-order valence-electron chi connectivity index (χ0n) is 20.5. The highest BCUT2D eigenvalue weighted by atomic mass is 32.2. The maximum atomic E-state index is 12.9. The zero-order valence-corrected chi connectivity index (χ0v) is 22.3. The third-order valence-electron chi connectivity index (χ3n) is 5.59. The Bertz CT molecular complexity index is 710. The van der Waals surface area contributed by atoms with Gasteiger partial charge >= 0.3 is 5.97 Å². The highest BCUT2D eigenvalue weighted by Gasteiger charge is 2.39. The topological polar surface area (TPSA) is 70.6 Å². The summed E-state index contributed by atoms with van der Waals surface area (Å²) >= 11 is -1.23. The van der Waals surface area contributed by atoms with Gasteiger partial charge in [0.05, 0.1) is 25.7 Å². The number of aryl methyl sites for hydroxylation is 1. The van der Waals surface area contributed by atoms with Gasteiger partial charge in [-0.25, -0.2) is 0 Å². The van der Waals surface area contributed by atoms with Gasteiger partial charge in [-0.15, -0.1) is 4.72 Å². The lowest BCUT2D eigenvalue weighted by Crippen LogP contribution is -2.46. The van der Waals surface area contributed by atoms with Gasteiger partial charge in [-0.3, -0.25) is 4.79 Å². The Balaban J connectivity index is 3.13. The van der Waals surface area contributed by atoms with E-state index in [1.807, 2.05) is 45.9 Å². The number of benzene rings is 1. The van der Waals surface area contributed by atoms with Crippen molar-refractivity contribution >= 4 is 25.6 Å². The summed E-state index contributed by atoms with van der Waals surface area (Å²) in [5.74, 6) is -0.227. The highest BCUT2D eigenvalue weighted by molar-refractivity contribution is 7.90. The first-order chi connectivity index (χ1) is 13.6. The summed E-state index contributed by atoms with van der Waals surface area (Å²) in [7, 11) is -1.96. The van der Waals surface area contributed by atoms with E-state index in [-0.39, 0.29) is 28.2 Å². The van der Waals surface area contributed by atoms with Crippen molar-refractivity contribution in [3.8, 4) is 0 Å². The number of hydrogen-bond acceptors (Lipinski definition) is 5. The molecule has 0 saturated heterocycles. The third kappa shape index (κ3) is 8.00. The first-order valence-corrected chi connectivity index (χ1v) is 14.7. The summed E-state index contributed by atoms with van der Waals surface area (Å²) in [4.78, 5) is 11.8. The van der Waals surface area contributed by atoms with E-state index < -0.39 is 19.7 Å². The highest BCUT2D eigenvalue weighted by Crippen LogP contribution is 2.37. The molecule has 2 unspecified atom stereocenters. The minimum absolute atomic E-state index is 0.0965. The first-order valence-electron chi connectivity index (χ1n) is 10.7. The Morgan fingerprint density at radius 3 is 2.27 bits per heavy atom. The Morgan fingerprint density at radius 2 is 1.80 bits per heavy atom. The molecule has 0 aliphatic heterocycles. The first kappa shape index (κ1) is 27.2. The molecule has 1 N–H and O–H groups in total. The van der Waals surface area contributed by atoms with Crippen LogP contribution in [0.2, 0.25) is 18.1 Å². The Labute approximate surface area is 187 Å². The van der Waals surface area contributed by atoms with Crippen LogP contribution in [0.5, 0.6) is 0 Å². The lowest BCUT2D eigenvalue weighted by atomic mass is 9.99. The van der Waals surface area contributed by atoms with Crippen LogP contribution in [0.15, 0.2) is 18.2 Å². The number of rotatable bonds is 9. The van der Waals surface area contributed by atoms with Crippen LogP contribution in [0.25, 0.3) is 0 Å². The predicted molar refractivity (Wildman–Crippen MR) is 128 cm³/mol. The van der Waals surface area contributed by atoms with Crippen molar-refractivity contribution in [1.82, 2.24) is 4.72 Å². The summed E-state index contributed by atoms with van der Waals surface area (Å²) in [5.41, 5.74) is 2.99. The summed E-state index contributed by atoms with van der Waals surface area (Å²) in [6, 6.07) is 5.76. The van der Waals surface area contributed by atoms with Crippen molar-refractivity contribution in [3.63, 3.8) is 0 Å². The molecule has 2 atom stereocenters. The molecule has 0 bridgehead atoms. The van der Waals surface area contributed by atoms with E-state index in [1.54, 1.807) is 6.92 Å². The average molecular weight is 456 g/mol. The summed E-state index contributed by atoms with van der Waals surface area (Å²) < 4.78 is 27.3. The molecule has 0 aliphatic carbocycles.